The quantitative estimate of drug-likeness (QED) is 0.286. The van der Waals surface area contributed by atoms with E-state index in [1.54, 1.807) is 18.3 Å². The molecule has 3 unspecified atom stereocenters. The van der Waals surface area contributed by atoms with Crippen molar-refractivity contribution < 1.29 is 29.3 Å². The van der Waals surface area contributed by atoms with Crippen LogP contribution in [0.25, 0.3) is 0 Å². The number of benzene rings is 1. The van der Waals surface area contributed by atoms with E-state index in [0.717, 1.165) is 22.3 Å². The number of nitrogens with zero attached hydrogens (tertiary/aromatic N) is 2. The van der Waals surface area contributed by atoms with Crippen LogP contribution in [0, 0.1) is 20.8 Å². The first kappa shape index (κ1) is 27.9. The number of aromatic nitrogens is 1. The molecular weight excluding hydrogens is 478 g/mol. The zero-order chi connectivity index (χ0) is 26.9. The standard InChI is InChI=1S/C26H35N5O6/c1-16-8-17(2)21(18(3)9-16)12-28-22(25(33)34)13-30-24(32)15-37-20-10-19(31(14-20)26(35)36)11-29-23-6-4-5-7-27-23/h4-9,19-20,22,28H,10-15H2,1-3H3,(H,27,29)(H,30,32)(H,33,34)(H,35,36). The van der Waals surface area contributed by atoms with Crippen LogP contribution in [-0.2, 0) is 20.9 Å². The van der Waals surface area contributed by atoms with Gasteiger partial charge in [0, 0.05) is 25.8 Å². The highest BCUT2D eigenvalue weighted by Gasteiger charge is 2.36. The Balaban J connectivity index is 1.45. The van der Waals surface area contributed by atoms with Crippen LogP contribution in [0.2, 0.25) is 0 Å². The van der Waals surface area contributed by atoms with E-state index in [9.17, 15) is 24.6 Å². The number of hydrogen-bond acceptors (Lipinski definition) is 7. The third kappa shape index (κ3) is 8.16. The lowest BCUT2D eigenvalue weighted by molar-refractivity contribution is -0.139. The number of anilines is 1. The normalized spacial score (nSPS) is 17.9. The predicted octanol–water partition coefficient (Wildman–Crippen LogP) is 1.92. The van der Waals surface area contributed by atoms with Crippen molar-refractivity contribution in [2.75, 3.05) is 31.6 Å². The Morgan fingerprint density at radius 1 is 1.16 bits per heavy atom. The number of nitrogens with one attached hydrogen (secondary N) is 3. The fourth-order valence-electron chi connectivity index (χ4n) is 4.53. The Bertz CT molecular complexity index is 1070. The molecule has 1 aromatic heterocycles. The zero-order valence-electron chi connectivity index (χ0n) is 21.4. The van der Waals surface area contributed by atoms with E-state index >= 15 is 0 Å². The fourth-order valence-corrected chi connectivity index (χ4v) is 4.53. The van der Waals surface area contributed by atoms with Crippen LogP contribution < -0.4 is 16.0 Å². The average molecular weight is 514 g/mol. The molecule has 0 radical (unpaired) electrons. The van der Waals surface area contributed by atoms with E-state index < -0.39 is 30.1 Å². The molecule has 3 atom stereocenters. The van der Waals surface area contributed by atoms with Crippen molar-refractivity contribution >= 4 is 23.8 Å². The molecule has 1 saturated heterocycles. The van der Waals surface area contributed by atoms with E-state index in [1.165, 1.54) is 4.90 Å². The van der Waals surface area contributed by atoms with Gasteiger partial charge in [-0.2, -0.15) is 0 Å². The molecular formula is C26H35N5O6. The van der Waals surface area contributed by atoms with Crippen molar-refractivity contribution in [2.45, 2.75) is 51.9 Å². The number of aliphatic carboxylic acids is 1. The Kier molecular flexibility index (Phi) is 9.81. The van der Waals surface area contributed by atoms with Gasteiger partial charge in [-0.25, -0.2) is 9.78 Å². The molecule has 1 fully saturated rings. The summed E-state index contributed by atoms with van der Waals surface area (Å²) in [5, 5.41) is 27.8. The van der Waals surface area contributed by atoms with Crippen molar-refractivity contribution in [1.29, 1.82) is 0 Å². The number of hydrogen-bond donors (Lipinski definition) is 5. The summed E-state index contributed by atoms with van der Waals surface area (Å²) in [6, 6.07) is 8.21. The summed E-state index contributed by atoms with van der Waals surface area (Å²) in [5.41, 5.74) is 4.33. The number of likely N-dealkylation sites (tertiary alicyclic amines) is 1. The van der Waals surface area contributed by atoms with E-state index in [0.29, 0.717) is 25.3 Å². The lowest BCUT2D eigenvalue weighted by Crippen LogP contribution is -2.46. The SMILES string of the molecule is Cc1cc(C)c(CNC(CNC(=O)COC2CC(CNc3ccccn3)N(C(=O)O)C2)C(=O)O)c(C)c1. The molecule has 3 rings (SSSR count). The van der Waals surface area contributed by atoms with Crippen molar-refractivity contribution in [2.24, 2.45) is 0 Å². The number of aryl methyl sites for hydroxylation is 3. The number of amides is 2. The van der Waals surface area contributed by atoms with Gasteiger partial charge in [-0.05, 0) is 56.0 Å². The number of carbonyl (C=O) groups is 3. The van der Waals surface area contributed by atoms with Gasteiger partial charge in [0.1, 0.15) is 18.5 Å². The Labute approximate surface area is 216 Å². The first-order valence-electron chi connectivity index (χ1n) is 12.2. The topological polar surface area (TPSA) is 153 Å². The van der Waals surface area contributed by atoms with Gasteiger partial charge >= 0.3 is 12.1 Å². The van der Waals surface area contributed by atoms with Gasteiger partial charge in [0.15, 0.2) is 0 Å². The molecule has 5 N–H and O–H groups in total. The smallest absolute Gasteiger partial charge is 0.407 e. The van der Waals surface area contributed by atoms with Gasteiger partial charge in [-0.3, -0.25) is 14.9 Å². The minimum Gasteiger partial charge on any atom is -0.480 e. The summed E-state index contributed by atoms with van der Waals surface area (Å²) in [6.45, 7) is 6.46. The van der Waals surface area contributed by atoms with E-state index in [4.69, 9.17) is 4.74 Å². The second kappa shape index (κ2) is 13.0. The predicted molar refractivity (Wildman–Crippen MR) is 138 cm³/mol. The van der Waals surface area contributed by atoms with Crippen molar-refractivity contribution in [3.8, 4) is 0 Å². The number of carboxylic acid groups (broad SMARTS) is 2. The summed E-state index contributed by atoms with van der Waals surface area (Å²) in [5.74, 6) is -0.890. The Morgan fingerprint density at radius 2 is 1.89 bits per heavy atom. The van der Waals surface area contributed by atoms with Crippen LogP contribution in [0.4, 0.5) is 10.6 Å². The van der Waals surface area contributed by atoms with Crippen molar-refractivity contribution in [3.63, 3.8) is 0 Å². The first-order chi connectivity index (χ1) is 17.6. The number of rotatable bonds is 12. The number of pyridine rings is 1. The lowest BCUT2D eigenvalue weighted by Gasteiger charge is -2.21. The van der Waals surface area contributed by atoms with Crippen LogP contribution in [0.5, 0.6) is 0 Å². The first-order valence-corrected chi connectivity index (χ1v) is 12.2. The fraction of sp³-hybridized carbons (Fsp3) is 0.462. The average Bonchev–Trinajstić information content (AvgIpc) is 3.26. The lowest BCUT2D eigenvalue weighted by atomic mass is 9.99. The number of carbonyl (C=O) groups excluding carboxylic acids is 1. The largest absolute Gasteiger partial charge is 0.480 e. The molecule has 37 heavy (non-hydrogen) atoms. The molecule has 11 nitrogen and oxygen atoms in total. The summed E-state index contributed by atoms with van der Waals surface area (Å²) in [7, 11) is 0. The monoisotopic (exact) mass is 513 g/mol. The highest BCUT2D eigenvalue weighted by molar-refractivity contribution is 5.79. The van der Waals surface area contributed by atoms with Crippen LogP contribution in [-0.4, -0.2) is 82.5 Å². The second-order valence-electron chi connectivity index (χ2n) is 9.31. The molecule has 0 aliphatic carbocycles. The van der Waals surface area contributed by atoms with Gasteiger partial charge in [0.2, 0.25) is 5.91 Å². The highest BCUT2D eigenvalue weighted by atomic mass is 16.5. The minimum absolute atomic E-state index is 0.107. The third-order valence-electron chi connectivity index (χ3n) is 6.42. The molecule has 2 heterocycles. The molecule has 0 bridgehead atoms. The van der Waals surface area contributed by atoms with Crippen LogP contribution in [0.3, 0.4) is 0 Å². The molecule has 200 valence electrons. The molecule has 2 aromatic rings. The highest BCUT2D eigenvalue weighted by Crippen LogP contribution is 2.21. The number of ether oxygens (including phenoxy) is 1. The molecule has 0 saturated carbocycles. The van der Waals surface area contributed by atoms with Crippen LogP contribution >= 0.6 is 0 Å². The maximum Gasteiger partial charge on any atom is 0.407 e. The van der Waals surface area contributed by atoms with Gasteiger partial charge in [0.05, 0.1) is 18.7 Å². The summed E-state index contributed by atoms with van der Waals surface area (Å²) < 4.78 is 5.66. The van der Waals surface area contributed by atoms with Crippen molar-refractivity contribution in [3.05, 3.63) is 58.8 Å². The molecule has 1 aromatic carbocycles. The molecule has 1 aliphatic rings. The van der Waals surface area contributed by atoms with Gasteiger partial charge in [-0.15, -0.1) is 0 Å². The molecule has 11 heteroatoms. The zero-order valence-corrected chi connectivity index (χ0v) is 21.4. The minimum atomic E-state index is -1.07. The van der Waals surface area contributed by atoms with E-state index in [-0.39, 0.29) is 25.7 Å². The van der Waals surface area contributed by atoms with Crippen molar-refractivity contribution in [1.82, 2.24) is 20.5 Å². The van der Waals surface area contributed by atoms with E-state index in [2.05, 4.69) is 20.9 Å². The summed E-state index contributed by atoms with van der Waals surface area (Å²) >= 11 is 0. The third-order valence-corrected chi connectivity index (χ3v) is 6.42. The number of carboxylic acids is 1. The van der Waals surface area contributed by atoms with Gasteiger partial charge in [0.25, 0.3) is 0 Å². The molecule has 0 spiro atoms. The van der Waals surface area contributed by atoms with E-state index in [1.807, 2.05) is 39.0 Å². The van der Waals surface area contributed by atoms with Gasteiger partial charge in [-0.1, -0.05) is 23.8 Å². The Hall–Kier alpha value is -3.70. The maximum atomic E-state index is 12.3. The van der Waals surface area contributed by atoms with Crippen LogP contribution in [0.15, 0.2) is 36.5 Å². The Morgan fingerprint density at radius 3 is 2.51 bits per heavy atom. The van der Waals surface area contributed by atoms with Crippen LogP contribution in [0.1, 0.15) is 28.7 Å². The second-order valence-corrected chi connectivity index (χ2v) is 9.31. The molecule has 1 aliphatic heterocycles. The summed E-state index contributed by atoms with van der Waals surface area (Å²) in [6.07, 6.45) is 0.565. The molecule has 2 amide bonds. The summed E-state index contributed by atoms with van der Waals surface area (Å²) in [4.78, 5) is 41.2. The van der Waals surface area contributed by atoms with Gasteiger partial charge < -0.3 is 30.5 Å². The maximum absolute atomic E-state index is 12.3.